The van der Waals surface area contributed by atoms with Crippen LogP contribution in [0.3, 0.4) is 0 Å². The van der Waals surface area contributed by atoms with Crippen LogP contribution in [0.25, 0.3) is 0 Å². The van der Waals surface area contributed by atoms with Gasteiger partial charge in [0.25, 0.3) is 5.75 Å². The molecule has 0 aliphatic heterocycles. The van der Waals surface area contributed by atoms with Gasteiger partial charge in [0, 0.05) is 18.1 Å². The third-order valence-electron chi connectivity index (χ3n) is 16.4. The molecule has 12 atom stereocenters. The summed E-state index contributed by atoms with van der Waals surface area (Å²) in [7, 11) is 0. The molecule has 1 aromatic heterocycles. The number of aliphatic hydroxyl groups is 2. The number of aliphatic hydroxyl groups excluding tert-OH is 2. The molecule has 0 aromatic carbocycles. The Labute approximate surface area is 298 Å². The molecule has 10 unspecified atom stereocenters. The number of aliphatic carboxylic acids is 1. The predicted octanol–water partition coefficient (Wildman–Crippen LogP) is 7.94. The van der Waals surface area contributed by atoms with Gasteiger partial charge < -0.3 is 30.3 Å². The Balaban J connectivity index is 1.27. The lowest BCUT2D eigenvalue weighted by Crippen LogP contribution is -2.67. The molecule has 276 valence electrons. The summed E-state index contributed by atoms with van der Waals surface area (Å²) in [5, 5.41) is 53.0. The van der Waals surface area contributed by atoms with Gasteiger partial charge in [-0.2, -0.15) is 0 Å². The Bertz CT molecular complexity index is 1450. The van der Waals surface area contributed by atoms with Crippen molar-refractivity contribution in [2.45, 2.75) is 151 Å². The number of allylic oxidation sites excluding steroid dienone is 1. The third-order valence-corrected chi connectivity index (χ3v) is 17.5. The van der Waals surface area contributed by atoms with Gasteiger partial charge in [-0.25, -0.2) is 0 Å². The molecule has 0 spiro atoms. The topological polar surface area (TPSA) is 133 Å². The molecule has 5 aliphatic rings. The summed E-state index contributed by atoms with van der Waals surface area (Å²) in [6, 6.07) is 0. The van der Waals surface area contributed by atoms with Gasteiger partial charge in [0.05, 0.1) is 17.1 Å². The van der Waals surface area contributed by atoms with E-state index in [1.54, 1.807) is 13.8 Å². The van der Waals surface area contributed by atoms with Crippen LogP contribution in [-0.4, -0.2) is 38.8 Å². The molecule has 1 aromatic rings. The SMILES string of the molecule is C=C(C)C1CCC2(Cc3csc(C([O-])O)c3[OH2+])CC[C@]3(C)C(CCC4C5(C)CCC(O[C@H](O)CC(C)(C)C(=O)O)C(C)(C)C5CCC43C)C12. The smallest absolute Gasteiger partial charge is 0.309 e. The molecule has 5 fully saturated rings. The number of hydrogen-bond acceptors (Lipinski definition) is 6. The Kier molecular flexibility index (Phi) is 9.38. The Morgan fingerprint density at radius 2 is 1.71 bits per heavy atom. The summed E-state index contributed by atoms with van der Waals surface area (Å²) in [6.45, 7) is 22.6. The lowest BCUT2D eigenvalue weighted by molar-refractivity contribution is -0.489. The zero-order valence-corrected chi connectivity index (χ0v) is 32.2. The maximum Gasteiger partial charge on any atom is 0.309 e. The van der Waals surface area contributed by atoms with Gasteiger partial charge in [0.15, 0.2) is 6.29 Å². The highest BCUT2D eigenvalue weighted by molar-refractivity contribution is 7.10. The van der Waals surface area contributed by atoms with Crippen molar-refractivity contribution in [2.75, 3.05) is 0 Å². The van der Waals surface area contributed by atoms with Crippen molar-refractivity contribution >= 4 is 17.3 Å². The largest absolute Gasteiger partial charge is 0.827 e. The second-order valence-electron chi connectivity index (χ2n) is 19.4. The van der Waals surface area contributed by atoms with E-state index in [0.717, 1.165) is 50.5 Å². The standard InChI is InChI=1S/C41H63O7S/c1-23(2)25-12-17-41(20-24-22-49-33(32(24)43)34(44)45)19-18-39(8)26(31(25)41)10-11-28-38(7)15-14-29(48-30(42)21-36(3,4)35(46)47)37(5,6)27(38)13-16-40(28,39)9/h22,25-31,34,42-44H,1,10-21H2,2-9H3,(H,46,47)/q-1/p+1/t25?,26?,27?,28?,29?,30-,31?,34?,38?,39+,40?,41?/m0/s1. The zero-order chi connectivity index (χ0) is 36.1. The van der Waals surface area contributed by atoms with Crippen LogP contribution in [0.2, 0.25) is 0 Å². The summed E-state index contributed by atoms with van der Waals surface area (Å²) in [4.78, 5) is 12.0. The van der Waals surface area contributed by atoms with Crippen LogP contribution >= 0.6 is 11.3 Å². The summed E-state index contributed by atoms with van der Waals surface area (Å²) < 4.78 is 6.36. The van der Waals surface area contributed by atoms with Crippen molar-refractivity contribution in [1.82, 2.24) is 0 Å². The minimum Gasteiger partial charge on any atom is -0.827 e. The number of ether oxygens (including phenoxy) is 1. The molecule has 7 nitrogen and oxygen atoms in total. The van der Waals surface area contributed by atoms with Crippen molar-refractivity contribution in [3.8, 4) is 5.75 Å². The lowest BCUT2D eigenvalue weighted by atomic mass is 9.32. The number of carbonyl (C=O) groups is 1. The van der Waals surface area contributed by atoms with Gasteiger partial charge in [-0.15, -0.1) is 11.3 Å². The van der Waals surface area contributed by atoms with E-state index >= 15 is 0 Å². The lowest BCUT2D eigenvalue weighted by Gasteiger charge is -2.73. The Morgan fingerprint density at radius 3 is 2.33 bits per heavy atom. The quantitative estimate of drug-likeness (QED) is 0.136. The number of rotatable bonds is 9. The van der Waals surface area contributed by atoms with Crippen molar-refractivity contribution in [1.29, 1.82) is 0 Å². The highest BCUT2D eigenvalue weighted by Crippen LogP contribution is 2.78. The summed E-state index contributed by atoms with van der Waals surface area (Å²) in [6.07, 6.45) is 9.09. The van der Waals surface area contributed by atoms with E-state index in [4.69, 9.17) is 9.84 Å². The van der Waals surface area contributed by atoms with E-state index in [1.807, 2.05) is 5.38 Å². The van der Waals surface area contributed by atoms with E-state index in [9.17, 15) is 25.2 Å². The van der Waals surface area contributed by atoms with Crippen molar-refractivity contribution in [3.05, 3.63) is 28.0 Å². The fraction of sp³-hybridized carbons (Fsp3) is 0.829. The molecular formula is C41H64O7S. The van der Waals surface area contributed by atoms with E-state index in [1.165, 1.54) is 42.6 Å². The maximum absolute atomic E-state index is 11.9. The first kappa shape index (κ1) is 37.3. The molecule has 5 saturated carbocycles. The average Bonchev–Trinajstić information content (AvgIpc) is 3.55. The van der Waals surface area contributed by atoms with Crippen molar-refractivity contribution in [2.24, 2.45) is 62.1 Å². The fourth-order valence-corrected chi connectivity index (χ4v) is 14.5. The Hall–Kier alpha value is -1.45. The monoisotopic (exact) mass is 700 g/mol. The van der Waals surface area contributed by atoms with Gasteiger partial charge in [0.1, 0.15) is 4.88 Å². The zero-order valence-electron chi connectivity index (χ0n) is 31.4. The van der Waals surface area contributed by atoms with Gasteiger partial charge in [-0.3, -0.25) is 4.79 Å². The second kappa shape index (κ2) is 12.3. The van der Waals surface area contributed by atoms with Crippen LogP contribution in [0.15, 0.2) is 17.5 Å². The molecule has 49 heavy (non-hydrogen) atoms. The molecule has 6 rings (SSSR count). The third kappa shape index (κ3) is 5.59. The van der Waals surface area contributed by atoms with Gasteiger partial charge in [-0.1, -0.05) is 46.8 Å². The normalized spacial score (nSPS) is 42.7. The predicted molar refractivity (Wildman–Crippen MR) is 192 cm³/mol. The first-order chi connectivity index (χ1) is 22.6. The number of carboxylic acids is 1. The fourth-order valence-electron chi connectivity index (χ4n) is 13.7. The minimum absolute atomic E-state index is 0.0718. The first-order valence-corrected chi connectivity index (χ1v) is 19.9. The van der Waals surface area contributed by atoms with Crippen LogP contribution in [0.4, 0.5) is 0 Å². The molecule has 0 saturated heterocycles. The van der Waals surface area contributed by atoms with Gasteiger partial charge >= 0.3 is 5.97 Å². The number of thiophene rings is 1. The van der Waals surface area contributed by atoms with Crippen LogP contribution in [0.1, 0.15) is 143 Å². The number of carboxylic acid groups (broad SMARTS) is 1. The summed E-state index contributed by atoms with van der Waals surface area (Å²) >= 11 is 1.25. The maximum atomic E-state index is 11.9. The Morgan fingerprint density at radius 1 is 1.02 bits per heavy atom. The molecule has 0 bridgehead atoms. The van der Waals surface area contributed by atoms with Crippen molar-refractivity contribution < 1.29 is 35.1 Å². The number of fused-ring (bicyclic) bond motifs is 7. The van der Waals surface area contributed by atoms with Crippen LogP contribution in [0.5, 0.6) is 5.75 Å². The van der Waals surface area contributed by atoms with E-state index in [2.05, 4.69) is 48.1 Å². The van der Waals surface area contributed by atoms with E-state index < -0.39 is 24.0 Å². The van der Waals surface area contributed by atoms with Crippen LogP contribution in [-0.2, 0) is 16.0 Å². The molecule has 0 amide bonds. The molecule has 5 N–H and O–H groups in total. The molecular weight excluding hydrogens is 637 g/mol. The second-order valence-corrected chi connectivity index (χ2v) is 20.3. The van der Waals surface area contributed by atoms with E-state index in [0.29, 0.717) is 29.6 Å². The highest BCUT2D eigenvalue weighted by atomic mass is 32.1. The van der Waals surface area contributed by atoms with Gasteiger partial charge in [0.2, 0.25) is 0 Å². The highest BCUT2D eigenvalue weighted by Gasteiger charge is 2.71. The first-order valence-electron chi connectivity index (χ1n) is 19.0. The van der Waals surface area contributed by atoms with E-state index in [-0.39, 0.29) is 50.2 Å². The summed E-state index contributed by atoms with van der Waals surface area (Å²) in [5.41, 5.74) is 1.64. The van der Waals surface area contributed by atoms with Crippen LogP contribution in [0, 0.1) is 62.1 Å². The average molecular weight is 701 g/mol. The minimum atomic E-state index is -1.84. The molecule has 0 radical (unpaired) electrons. The summed E-state index contributed by atoms with van der Waals surface area (Å²) in [5.74, 6) is 1.93. The van der Waals surface area contributed by atoms with Gasteiger partial charge in [-0.05, 0) is 148 Å². The molecule has 5 aliphatic carbocycles. The number of hydrogen-bond donors (Lipinski definition) is 3. The molecule has 1 heterocycles. The molecule has 8 heteroatoms. The van der Waals surface area contributed by atoms with Crippen molar-refractivity contribution in [3.63, 3.8) is 0 Å². The van der Waals surface area contributed by atoms with Crippen LogP contribution < -0.4 is 5.11 Å².